The van der Waals surface area contributed by atoms with Crippen LogP contribution in [0.3, 0.4) is 0 Å². The third-order valence-corrected chi connectivity index (χ3v) is 6.76. The van der Waals surface area contributed by atoms with E-state index in [4.69, 9.17) is 0 Å². The van der Waals surface area contributed by atoms with Gasteiger partial charge in [0.2, 0.25) is 11.9 Å². The molecule has 0 bridgehead atoms. The Hall–Kier alpha value is -4.45. The maximum Gasteiger partial charge on any atom is 0.416 e. The number of nitrogens with one attached hydrogen (secondary N) is 1. The lowest BCUT2D eigenvalue weighted by Gasteiger charge is -2.15. The minimum Gasteiger partial charge on any atom is -0.304 e. The number of hydrogen-bond donors (Lipinski definition) is 1. The normalized spacial score (nSPS) is 12.4. The number of anilines is 1. The zero-order valence-electron chi connectivity index (χ0n) is 20.5. The second kappa shape index (κ2) is 10.7. The first-order chi connectivity index (χ1) is 18.7. The van der Waals surface area contributed by atoms with E-state index in [-0.39, 0.29) is 30.3 Å². The van der Waals surface area contributed by atoms with Crippen molar-refractivity contribution in [1.82, 2.24) is 24.5 Å². The van der Waals surface area contributed by atoms with E-state index in [2.05, 4.69) is 25.3 Å². The van der Waals surface area contributed by atoms with Crippen LogP contribution in [0.1, 0.15) is 45.7 Å². The summed E-state index contributed by atoms with van der Waals surface area (Å²) < 4.78 is 41.3. The van der Waals surface area contributed by atoms with Gasteiger partial charge in [-0.25, -0.2) is 9.97 Å². The monoisotopic (exact) mass is 550 g/mol. The number of aromatic nitrogens is 5. The first-order valence-corrected chi connectivity index (χ1v) is 12.8. The molecule has 1 unspecified atom stereocenters. The van der Waals surface area contributed by atoms with Gasteiger partial charge in [-0.2, -0.15) is 13.2 Å². The van der Waals surface area contributed by atoms with Gasteiger partial charge in [-0.15, -0.1) is 11.3 Å². The maximum absolute atomic E-state index is 13.2. The van der Waals surface area contributed by atoms with Crippen LogP contribution >= 0.6 is 11.3 Å². The second-order valence-electron chi connectivity index (χ2n) is 8.85. The third-order valence-electron chi connectivity index (χ3n) is 6.17. The van der Waals surface area contributed by atoms with Crippen LogP contribution < -0.4 is 5.32 Å². The van der Waals surface area contributed by atoms with Crippen molar-refractivity contribution < 1.29 is 22.8 Å². The van der Waals surface area contributed by atoms with Crippen molar-refractivity contribution in [2.75, 3.05) is 5.32 Å². The van der Waals surface area contributed by atoms with Gasteiger partial charge in [0.05, 0.1) is 46.5 Å². The number of Topliss-reactive ketones (excluding diaryl/α,β-unsaturated/α-hetero) is 1. The average molecular weight is 551 g/mol. The summed E-state index contributed by atoms with van der Waals surface area (Å²) in [6.45, 7) is 1.74. The minimum absolute atomic E-state index is 0.126. The van der Waals surface area contributed by atoms with Gasteiger partial charge in [-0.1, -0.05) is 24.3 Å². The van der Waals surface area contributed by atoms with Gasteiger partial charge in [-0.3, -0.25) is 24.9 Å². The van der Waals surface area contributed by atoms with Crippen LogP contribution in [0.25, 0.3) is 11.0 Å². The summed E-state index contributed by atoms with van der Waals surface area (Å²) in [7, 11) is 0. The van der Waals surface area contributed by atoms with Crippen LogP contribution in [0.4, 0.5) is 19.1 Å². The largest absolute Gasteiger partial charge is 0.416 e. The first-order valence-electron chi connectivity index (χ1n) is 11.8. The molecule has 0 radical (unpaired) electrons. The summed E-state index contributed by atoms with van der Waals surface area (Å²) in [6, 6.07) is 10.0. The first kappa shape index (κ1) is 26.2. The molecule has 1 N–H and O–H groups in total. The molecule has 0 aliphatic rings. The van der Waals surface area contributed by atoms with Crippen molar-refractivity contribution in [3.63, 3.8) is 0 Å². The molecule has 5 rings (SSSR count). The van der Waals surface area contributed by atoms with E-state index in [0.29, 0.717) is 22.4 Å². The Labute approximate surface area is 224 Å². The van der Waals surface area contributed by atoms with Gasteiger partial charge >= 0.3 is 6.18 Å². The average Bonchev–Trinajstić information content (AvgIpc) is 3.57. The Bertz CT molecular complexity index is 1630. The lowest BCUT2D eigenvalue weighted by molar-refractivity contribution is -0.137. The molecule has 3 aromatic heterocycles. The SMILES string of the molecule is CC(C(=O)Nc1nc2ccc(CC(=O)c3cscn3)cc2n1Cc1cnccn1)c1cccc(C(F)(F)F)c1. The van der Waals surface area contributed by atoms with Crippen LogP contribution in [0.15, 0.2) is 71.9 Å². The number of carbonyl (C=O) groups excluding carboxylic acids is 2. The van der Waals surface area contributed by atoms with E-state index in [1.54, 1.807) is 40.0 Å². The quantitative estimate of drug-likeness (QED) is 0.255. The molecule has 0 saturated carbocycles. The van der Waals surface area contributed by atoms with Crippen molar-refractivity contribution >= 4 is 40.0 Å². The second-order valence-corrected chi connectivity index (χ2v) is 9.57. The number of carbonyl (C=O) groups is 2. The molecule has 1 atom stereocenters. The summed E-state index contributed by atoms with van der Waals surface area (Å²) in [5.74, 6) is -1.34. The van der Waals surface area contributed by atoms with E-state index < -0.39 is 23.6 Å². The fourth-order valence-electron chi connectivity index (χ4n) is 4.09. The van der Waals surface area contributed by atoms with E-state index in [0.717, 1.165) is 17.7 Å². The molecule has 5 aromatic rings. The molecule has 0 aliphatic carbocycles. The van der Waals surface area contributed by atoms with Gasteiger partial charge in [0.25, 0.3) is 0 Å². The maximum atomic E-state index is 13.2. The molecule has 0 saturated heterocycles. The predicted molar refractivity (Wildman–Crippen MR) is 140 cm³/mol. The molecule has 0 spiro atoms. The fourth-order valence-corrected chi connectivity index (χ4v) is 4.64. The molecule has 198 valence electrons. The lowest BCUT2D eigenvalue weighted by atomic mass is 9.98. The topological polar surface area (TPSA) is 103 Å². The number of ketones is 1. The Morgan fingerprint density at radius 3 is 2.67 bits per heavy atom. The molecule has 1 amide bonds. The highest BCUT2D eigenvalue weighted by Gasteiger charge is 2.31. The summed E-state index contributed by atoms with van der Waals surface area (Å²) in [5, 5.41) is 4.46. The summed E-state index contributed by atoms with van der Waals surface area (Å²) in [4.78, 5) is 42.8. The van der Waals surface area contributed by atoms with Crippen LogP contribution in [0.2, 0.25) is 0 Å². The number of amides is 1. The molecule has 8 nitrogen and oxygen atoms in total. The number of imidazole rings is 1. The highest BCUT2D eigenvalue weighted by Crippen LogP contribution is 2.31. The van der Waals surface area contributed by atoms with E-state index >= 15 is 0 Å². The van der Waals surface area contributed by atoms with E-state index in [1.165, 1.54) is 36.6 Å². The van der Waals surface area contributed by atoms with Crippen LogP contribution in [-0.4, -0.2) is 36.2 Å². The number of thiazole rings is 1. The number of fused-ring (bicyclic) bond motifs is 1. The molecule has 0 fully saturated rings. The summed E-state index contributed by atoms with van der Waals surface area (Å²) in [6.07, 6.45) is 0.273. The van der Waals surface area contributed by atoms with Gasteiger partial charge < -0.3 is 4.57 Å². The molecule has 39 heavy (non-hydrogen) atoms. The van der Waals surface area contributed by atoms with Crippen molar-refractivity contribution in [3.05, 3.63) is 100 Å². The van der Waals surface area contributed by atoms with Crippen molar-refractivity contribution in [3.8, 4) is 0 Å². The van der Waals surface area contributed by atoms with Crippen molar-refractivity contribution in [2.24, 2.45) is 0 Å². The smallest absolute Gasteiger partial charge is 0.304 e. The zero-order chi connectivity index (χ0) is 27.6. The molecular formula is C27H21F3N6O2S. The van der Waals surface area contributed by atoms with Gasteiger partial charge in [0.15, 0.2) is 5.78 Å². The Balaban J connectivity index is 1.47. The predicted octanol–water partition coefficient (Wildman–Crippen LogP) is 5.52. The van der Waals surface area contributed by atoms with Crippen molar-refractivity contribution in [2.45, 2.75) is 32.0 Å². The summed E-state index contributed by atoms with van der Waals surface area (Å²) in [5.41, 5.74) is 3.93. The van der Waals surface area contributed by atoms with Gasteiger partial charge in [0, 0.05) is 24.2 Å². The van der Waals surface area contributed by atoms with E-state index in [1.807, 2.05) is 6.07 Å². The van der Waals surface area contributed by atoms with Gasteiger partial charge in [0.1, 0.15) is 5.69 Å². The standard InChI is InChI=1S/C27H21F3N6O2S/c1-16(18-3-2-4-19(11-18)27(28,29)30)25(38)35-26-34-21-6-5-17(10-24(37)22-14-39-15-33-22)9-23(21)36(26)13-20-12-31-7-8-32-20/h2-9,11-12,14-16H,10,13H2,1H3,(H,34,35,38). The Kier molecular flexibility index (Phi) is 7.20. The molecule has 0 aliphatic heterocycles. The van der Waals surface area contributed by atoms with Crippen LogP contribution in [0.5, 0.6) is 0 Å². The van der Waals surface area contributed by atoms with Crippen LogP contribution in [-0.2, 0) is 23.9 Å². The van der Waals surface area contributed by atoms with E-state index in [9.17, 15) is 22.8 Å². The molecule has 2 aromatic carbocycles. The number of rotatable bonds is 8. The molecular weight excluding hydrogens is 529 g/mol. The minimum atomic E-state index is -4.52. The van der Waals surface area contributed by atoms with Gasteiger partial charge in [-0.05, 0) is 36.2 Å². The summed E-state index contributed by atoms with van der Waals surface area (Å²) >= 11 is 1.34. The number of halogens is 3. The van der Waals surface area contributed by atoms with Crippen LogP contribution in [0, 0.1) is 0 Å². The zero-order valence-corrected chi connectivity index (χ0v) is 21.3. The Morgan fingerprint density at radius 2 is 1.95 bits per heavy atom. The fraction of sp³-hybridized carbons (Fsp3) is 0.185. The third kappa shape index (κ3) is 5.85. The molecule has 12 heteroatoms. The number of hydrogen-bond acceptors (Lipinski definition) is 7. The number of nitrogens with zero attached hydrogens (tertiary/aromatic N) is 5. The molecule has 3 heterocycles. The Morgan fingerprint density at radius 1 is 1.10 bits per heavy atom. The highest BCUT2D eigenvalue weighted by molar-refractivity contribution is 7.07. The highest BCUT2D eigenvalue weighted by atomic mass is 32.1. The lowest BCUT2D eigenvalue weighted by Crippen LogP contribution is -2.22. The number of alkyl halides is 3. The number of benzene rings is 2. The van der Waals surface area contributed by atoms with Crippen molar-refractivity contribution in [1.29, 1.82) is 0 Å².